The van der Waals surface area contributed by atoms with Crippen LogP contribution in [0.1, 0.15) is 31.5 Å². The van der Waals surface area contributed by atoms with Crippen LogP contribution >= 0.6 is 0 Å². The van der Waals surface area contributed by atoms with Crippen LogP contribution in [0.15, 0.2) is 6.07 Å². The molecule has 0 bridgehead atoms. The van der Waals surface area contributed by atoms with Crippen molar-refractivity contribution in [2.45, 2.75) is 40.4 Å². The SMILES string of the molecule is CCOC(CCNc1nc(N)c2c(C)cc(C)nc2n1)OCC. The smallest absolute Gasteiger partial charge is 0.226 e. The minimum absolute atomic E-state index is 0.224. The minimum atomic E-state index is -0.224. The molecule has 0 saturated heterocycles. The quantitative estimate of drug-likeness (QED) is 0.721. The number of hydrogen-bond donors (Lipinski definition) is 2. The van der Waals surface area contributed by atoms with Crippen molar-refractivity contribution < 1.29 is 9.47 Å². The average molecular weight is 319 g/mol. The van der Waals surface area contributed by atoms with Gasteiger partial charge in [0, 0.05) is 31.9 Å². The summed E-state index contributed by atoms with van der Waals surface area (Å²) in [7, 11) is 0. The Kier molecular flexibility index (Phi) is 6.06. The van der Waals surface area contributed by atoms with Gasteiger partial charge in [0.25, 0.3) is 0 Å². The highest BCUT2D eigenvalue weighted by molar-refractivity contribution is 5.89. The van der Waals surface area contributed by atoms with E-state index in [-0.39, 0.29) is 6.29 Å². The molecule has 2 rings (SSSR count). The Hall–Kier alpha value is -1.99. The fraction of sp³-hybridized carbons (Fsp3) is 0.562. The van der Waals surface area contributed by atoms with Gasteiger partial charge in [-0.1, -0.05) is 0 Å². The molecule has 2 aromatic heterocycles. The summed E-state index contributed by atoms with van der Waals surface area (Å²) in [5, 5.41) is 3.97. The molecular weight excluding hydrogens is 294 g/mol. The number of nitrogens with one attached hydrogen (secondary N) is 1. The standard InChI is InChI=1S/C16H25N5O2/c1-5-22-12(23-6-2)7-8-18-16-20-14(17)13-10(3)9-11(4)19-15(13)21-16/h9,12H,5-8H2,1-4H3,(H3,17,18,19,20,21). The molecule has 0 unspecified atom stereocenters. The lowest BCUT2D eigenvalue weighted by atomic mass is 10.1. The average Bonchev–Trinajstić information content (AvgIpc) is 2.46. The van der Waals surface area contributed by atoms with E-state index in [1.807, 2.05) is 33.8 Å². The fourth-order valence-electron chi connectivity index (χ4n) is 2.48. The van der Waals surface area contributed by atoms with Crippen LogP contribution in [0.4, 0.5) is 11.8 Å². The molecule has 7 nitrogen and oxygen atoms in total. The van der Waals surface area contributed by atoms with Gasteiger partial charge in [-0.25, -0.2) is 4.98 Å². The molecular formula is C16H25N5O2. The van der Waals surface area contributed by atoms with Gasteiger partial charge < -0.3 is 20.5 Å². The second-order valence-corrected chi connectivity index (χ2v) is 5.27. The Bertz CT molecular complexity index is 656. The van der Waals surface area contributed by atoms with E-state index in [2.05, 4.69) is 20.3 Å². The first-order chi connectivity index (χ1) is 11.0. The molecule has 0 spiro atoms. The lowest BCUT2D eigenvalue weighted by Crippen LogP contribution is -2.21. The summed E-state index contributed by atoms with van der Waals surface area (Å²) in [6.07, 6.45) is 0.474. The zero-order valence-corrected chi connectivity index (χ0v) is 14.2. The Morgan fingerprint density at radius 1 is 1.13 bits per heavy atom. The maximum Gasteiger partial charge on any atom is 0.226 e. The van der Waals surface area contributed by atoms with E-state index >= 15 is 0 Å². The van der Waals surface area contributed by atoms with Crippen molar-refractivity contribution in [1.82, 2.24) is 15.0 Å². The van der Waals surface area contributed by atoms with Crippen molar-refractivity contribution in [2.75, 3.05) is 30.8 Å². The van der Waals surface area contributed by atoms with Crippen LogP contribution in [0.2, 0.25) is 0 Å². The number of anilines is 2. The number of ether oxygens (including phenoxy) is 2. The fourth-order valence-corrected chi connectivity index (χ4v) is 2.48. The summed E-state index contributed by atoms with van der Waals surface area (Å²) in [5.41, 5.74) is 8.61. The van der Waals surface area contributed by atoms with Crippen molar-refractivity contribution in [3.63, 3.8) is 0 Å². The summed E-state index contributed by atoms with van der Waals surface area (Å²) in [5.74, 6) is 0.910. The zero-order chi connectivity index (χ0) is 16.8. The molecule has 2 aromatic rings. The van der Waals surface area contributed by atoms with Crippen LogP contribution in [0.3, 0.4) is 0 Å². The second kappa shape index (κ2) is 8.03. The maximum absolute atomic E-state index is 6.05. The van der Waals surface area contributed by atoms with Crippen LogP contribution in [-0.2, 0) is 9.47 Å². The number of nitrogens with zero attached hydrogens (tertiary/aromatic N) is 3. The van der Waals surface area contributed by atoms with Gasteiger partial charge in [-0.15, -0.1) is 0 Å². The Labute approximate surface area is 136 Å². The molecule has 0 aromatic carbocycles. The Morgan fingerprint density at radius 3 is 2.48 bits per heavy atom. The number of aryl methyl sites for hydroxylation is 2. The minimum Gasteiger partial charge on any atom is -0.383 e. The summed E-state index contributed by atoms with van der Waals surface area (Å²) in [6, 6.07) is 1.98. The number of nitrogens with two attached hydrogens (primary N) is 1. The van der Waals surface area contributed by atoms with Crippen molar-refractivity contribution in [3.05, 3.63) is 17.3 Å². The van der Waals surface area contributed by atoms with Crippen LogP contribution in [0.5, 0.6) is 0 Å². The molecule has 23 heavy (non-hydrogen) atoms. The van der Waals surface area contributed by atoms with Crippen LogP contribution in [-0.4, -0.2) is 41.0 Å². The topological polar surface area (TPSA) is 95.2 Å². The molecule has 0 aliphatic heterocycles. The normalized spacial score (nSPS) is 11.3. The molecule has 0 aliphatic carbocycles. The van der Waals surface area contributed by atoms with Gasteiger partial charge in [0.1, 0.15) is 5.82 Å². The Balaban J connectivity index is 2.09. The third-order valence-electron chi connectivity index (χ3n) is 3.39. The third-order valence-corrected chi connectivity index (χ3v) is 3.39. The van der Waals surface area contributed by atoms with E-state index in [1.54, 1.807) is 0 Å². The molecule has 0 radical (unpaired) electrons. The summed E-state index contributed by atoms with van der Waals surface area (Å²) in [4.78, 5) is 13.2. The molecule has 126 valence electrons. The van der Waals surface area contributed by atoms with Gasteiger partial charge in [0.2, 0.25) is 5.95 Å². The number of aromatic nitrogens is 3. The van der Waals surface area contributed by atoms with E-state index in [0.29, 0.717) is 43.6 Å². The van der Waals surface area contributed by atoms with E-state index in [4.69, 9.17) is 15.2 Å². The van der Waals surface area contributed by atoms with Gasteiger partial charge in [-0.3, -0.25) is 0 Å². The lowest BCUT2D eigenvalue weighted by molar-refractivity contribution is -0.137. The van der Waals surface area contributed by atoms with Gasteiger partial charge >= 0.3 is 0 Å². The highest BCUT2D eigenvalue weighted by Crippen LogP contribution is 2.22. The number of hydrogen-bond acceptors (Lipinski definition) is 7. The summed E-state index contributed by atoms with van der Waals surface area (Å²) < 4.78 is 11.0. The molecule has 0 atom stereocenters. The van der Waals surface area contributed by atoms with Crippen molar-refractivity contribution in [2.24, 2.45) is 0 Å². The summed E-state index contributed by atoms with van der Waals surface area (Å²) >= 11 is 0. The molecule has 7 heteroatoms. The predicted molar refractivity (Wildman–Crippen MR) is 91.4 cm³/mol. The first kappa shape index (κ1) is 17.4. The lowest BCUT2D eigenvalue weighted by Gasteiger charge is -2.17. The monoisotopic (exact) mass is 319 g/mol. The number of fused-ring (bicyclic) bond motifs is 1. The highest BCUT2D eigenvalue weighted by atomic mass is 16.7. The van der Waals surface area contributed by atoms with Crippen molar-refractivity contribution >= 4 is 22.8 Å². The van der Waals surface area contributed by atoms with Gasteiger partial charge in [-0.2, -0.15) is 9.97 Å². The maximum atomic E-state index is 6.05. The van der Waals surface area contributed by atoms with Crippen molar-refractivity contribution in [1.29, 1.82) is 0 Å². The first-order valence-electron chi connectivity index (χ1n) is 7.93. The number of nitrogen functional groups attached to an aromatic ring is 1. The number of rotatable bonds is 8. The molecule has 2 heterocycles. The van der Waals surface area contributed by atoms with Gasteiger partial charge in [0.15, 0.2) is 11.9 Å². The van der Waals surface area contributed by atoms with E-state index in [9.17, 15) is 0 Å². The van der Waals surface area contributed by atoms with E-state index in [0.717, 1.165) is 16.6 Å². The zero-order valence-electron chi connectivity index (χ0n) is 14.2. The Morgan fingerprint density at radius 2 is 1.83 bits per heavy atom. The molecule has 0 saturated carbocycles. The largest absolute Gasteiger partial charge is 0.383 e. The molecule has 0 amide bonds. The van der Waals surface area contributed by atoms with Crippen LogP contribution in [0, 0.1) is 13.8 Å². The predicted octanol–water partition coefficient (Wildman–Crippen LogP) is 2.42. The second-order valence-electron chi connectivity index (χ2n) is 5.27. The van der Waals surface area contributed by atoms with E-state index < -0.39 is 0 Å². The molecule has 0 aliphatic rings. The van der Waals surface area contributed by atoms with Crippen LogP contribution in [0.25, 0.3) is 11.0 Å². The molecule has 0 fully saturated rings. The van der Waals surface area contributed by atoms with Crippen LogP contribution < -0.4 is 11.1 Å². The van der Waals surface area contributed by atoms with E-state index in [1.165, 1.54) is 0 Å². The van der Waals surface area contributed by atoms with Gasteiger partial charge in [0.05, 0.1) is 5.39 Å². The highest BCUT2D eigenvalue weighted by Gasteiger charge is 2.11. The van der Waals surface area contributed by atoms with Gasteiger partial charge in [-0.05, 0) is 39.3 Å². The summed E-state index contributed by atoms with van der Waals surface area (Å²) in [6.45, 7) is 9.68. The van der Waals surface area contributed by atoms with Crippen molar-refractivity contribution in [3.8, 4) is 0 Å². The molecule has 3 N–H and O–H groups in total. The number of pyridine rings is 1. The third kappa shape index (κ3) is 4.49. The first-order valence-corrected chi connectivity index (χ1v) is 7.93.